The normalized spacial score (nSPS) is 10.3. The van der Waals surface area contributed by atoms with E-state index in [9.17, 15) is 9.81 Å². The molecule has 0 bridgehead atoms. The number of nitrogens with zero attached hydrogens (tertiary/aromatic N) is 4. The van der Waals surface area contributed by atoms with E-state index in [-0.39, 0.29) is 0 Å². The summed E-state index contributed by atoms with van der Waals surface area (Å²) in [6, 6.07) is 8.11. The molecule has 0 saturated carbocycles. The Labute approximate surface area is 146 Å². The van der Waals surface area contributed by atoms with Crippen molar-refractivity contribution in [2.45, 2.75) is 26.7 Å². The molecule has 0 radical (unpaired) electrons. The van der Waals surface area contributed by atoms with Crippen molar-refractivity contribution in [3.8, 4) is 0 Å². The van der Waals surface area contributed by atoms with E-state index in [1.165, 1.54) is 11.1 Å². The van der Waals surface area contributed by atoms with E-state index in [0.29, 0.717) is 0 Å². The molecule has 0 aliphatic heterocycles. The fraction of sp³-hybridized carbons (Fsp3) is 0.286. The third-order valence-corrected chi connectivity index (χ3v) is 3.98. The molecule has 23 heavy (non-hydrogen) atoms. The van der Waals surface area contributed by atoms with Crippen molar-refractivity contribution in [3.63, 3.8) is 0 Å². The number of halogens is 2. The second-order valence-electron chi connectivity index (χ2n) is 3.98. The summed E-state index contributed by atoms with van der Waals surface area (Å²) in [5.74, 6) is 0. The van der Waals surface area contributed by atoms with Gasteiger partial charge >= 0.3 is 49.9 Å². The maximum atomic E-state index is 9.32. The molecular formula is C14H18Cl2CrN4O2. The van der Waals surface area contributed by atoms with Crippen LogP contribution in [0.5, 0.6) is 0 Å². The van der Waals surface area contributed by atoms with Crippen LogP contribution in [-0.4, -0.2) is 9.97 Å². The zero-order chi connectivity index (χ0) is 17.6. The summed E-state index contributed by atoms with van der Waals surface area (Å²) in [5, 5.41) is 0. The first kappa shape index (κ1) is 21.6. The van der Waals surface area contributed by atoms with Crippen LogP contribution in [0.2, 0.25) is 0 Å². The fourth-order valence-electron chi connectivity index (χ4n) is 1.25. The SMILES string of the molecule is CCc1ccncc1.CCc1ccncc1.O=[N][Cr]([Cl])([Cl])[N]=O. The van der Waals surface area contributed by atoms with Crippen LogP contribution in [0.25, 0.3) is 0 Å². The van der Waals surface area contributed by atoms with Crippen molar-refractivity contribution >= 4 is 20.1 Å². The fourth-order valence-corrected chi connectivity index (χ4v) is 1.29. The molecule has 0 atom stereocenters. The van der Waals surface area contributed by atoms with E-state index in [2.05, 4.69) is 32.1 Å². The number of nitroso groups, excluding NO2 is 2. The number of hydrogen-bond acceptors (Lipinski definition) is 6. The van der Waals surface area contributed by atoms with Gasteiger partial charge in [0, 0.05) is 24.8 Å². The third-order valence-electron chi connectivity index (χ3n) is 2.49. The summed E-state index contributed by atoms with van der Waals surface area (Å²) in [4.78, 5) is 26.4. The molecule has 2 rings (SSSR count). The van der Waals surface area contributed by atoms with Crippen molar-refractivity contribution < 1.29 is 11.7 Å². The molecule has 126 valence electrons. The standard InChI is InChI=1S/2C7H9N.2ClH.Cr.2NO/c2*1-2-7-3-5-8-6-4-7;;;;2*1-2/h2*3-6H,2H2,1H3;2*1H;;;/q;;;;+4;2*-1/p-2. The first-order valence-electron chi connectivity index (χ1n) is 6.68. The monoisotopic (exact) mass is 396 g/mol. The maximum absolute atomic E-state index is 9.32. The number of hydrogen-bond donors (Lipinski definition) is 0. The van der Waals surface area contributed by atoms with Gasteiger partial charge in [0.15, 0.2) is 0 Å². The Hall–Kier alpha value is -1.39. The molecule has 9 heteroatoms. The van der Waals surface area contributed by atoms with Gasteiger partial charge in [-0.3, -0.25) is 9.97 Å². The van der Waals surface area contributed by atoms with Crippen LogP contribution in [0.4, 0.5) is 0 Å². The van der Waals surface area contributed by atoms with Gasteiger partial charge in [0.05, 0.1) is 0 Å². The molecule has 0 amide bonds. The van der Waals surface area contributed by atoms with Crippen LogP contribution in [0.1, 0.15) is 25.0 Å². The van der Waals surface area contributed by atoms with Gasteiger partial charge in [-0.15, -0.1) is 0 Å². The summed E-state index contributed by atoms with van der Waals surface area (Å²) >= 11 is -3.72. The number of rotatable bonds is 4. The summed E-state index contributed by atoms with van der Waals surface area (Å²) in [6.45, 7) is 4.27. The van der Waals surface area contributed by atoms with E-state index in [4.69, 9.17) is 20.1 Å². The second kappa shape index (κ2) is 13.1. The molecule has 0 aliphatic rings. The van der Waals surface area contributed by atoms with Crippen molar-refractivity contribution in [1.29, 1.82) is 0 Å². The zero-order valence-corrected chi connectivity index (χ0v) is 15.6. The van der Waals surface area contributed by atoms with Crippen molar-refractivity contribution in [3.05, 3.63) is 70.0 Å². The van der Waals surface area contributed by atoms with Gasteiger partial charge in [-0.1, -0.05) is 13.8 Å². The Bertz CT molecular complexity index is 510. The summed E-state index contributed by atoms with van der Waals surface area (Å²) in [5.41, 5.74) is 2.69. The first-order chi connectivity index (χ1) is 11.0. The van der Waals surface area contributed by atoms with Gasteiger partial charge in [0.2, 0.25) is 0 Å². The molecule has 0 saturated heterocycles. The Balaban J connectivity index is 0.000000317. The predicted octanol–water partition coefficient (Wildman–Crippen LogP) is 5.10. The van der Waals surface area contributed by atoms with E-state index >= 15 is 0 Å². The van der Waals surface area contributed by atoms with E-state index in [1.807, 2.05) is 49.1 Å². The van der Waals surface area contributed by atoms with Crippen molar-refractivity contribution in [1.82, 2.24) is 9.97 Å². The Morgan fingerprint density at radius 1 is 0.826 bits per heavy atom. The number of aryl methyl sites for hydroxylation is 2. The average Bonchev–Trinajstić information content (AvgIpc) is 2.64. The molecule has 0 aliphatic carbocycles. The van der Waals surface area contributed by atoms with Gasteiger partial charge in [0.25, 0.3) is 0 Å². The van der Waals surface area contributed by atoms with E-state index in [0.717, 1.165) is 12.8 Å². The van der Waals surface area contributed by atoms with Crippen molar-refractivity contribution in [2.75, 3.05) is 0 Å². The molecule has 2 aromatic heterocycles. The minimum atomic E-state index is -3.72. The topological polar surface area (TPSA) is 84.6 Å². The molecule has 2 heterocycles. The van der Waals surface area contributed by atoms with E-state index in [1.54, 1.807) is 0 Å². The second-order valence-corrected chi connectivity index (χ2v) is 9.95. The third kappa shape index (κ3) is 11.8. The molecule has 0 spiro atoms. The van der Waals surface area contributed by atoms with Gasteiger partial charge in [-0.05, 0) is 48.2 Å². The molecule has 0 N–H and O–H groups in total. The Kier molecular flexibility index (Phi) is 12.3. The molecule has 0 aromatic carbocycles. The average molecular weight is 397 g/mol. The van der Waals surface area contributed by atoms with Crippen LogP contribution in [0.3, 0.4) is 0 Å². The molecule has 0 unspecified atom stereocenters. The van der Waals surface area contributed by atoms with Crippen LogP contribution >= 0.6 is 20.1 Å². The minimum absolute atomic E-state index is 1.10. The zero-order valence-electron chi connectivity index (χ0n) is 12.8. The number of aromatic nitrogens is 2. The molecule has 2 aromatic rings. The number of pyridine rings is 2. The van der Waals surface area contributed by atoms with Gasteiger partial charge < -0.3 is 0 Å². The van der Waals surface area contributed by atoms with Crippen LogP contribution in [0, 0.1) is 9.81 Å². The first-order valence-corrected chi connectivity index (χ1v) is 11.3. The van der Waals surface area contributed by atoms with Gasteiger partial charge in [-0.2, -0.15) is 0 Å². The van der Waals surface area contributed by atoms with Crippen LogP contribution in [-0.2, 0) is 24.5 Å². The van der Waals surface area contributed by atoms with Crippen molar-refractivity contribution in [2.24, 2.45) is 8.32 Å². The van der Waals surface area contributed by atoms with E-state index < -0.39 is 11.7 Å². The Morgan fingerprint density at radius 2 is 1.13 bits per heavy atom. The molecular weight excluding hydrogens is 379 g/mol. The van der Waals surface area contributed by atoms with Gasteiger partial charge in [-0.25, -0.2) is 0 Å². The van der Waals surface area contributed by atoms with Crippen LogP contribution < -0.4 is 0 Å². The summed E-state index contributed by atoms with van der Waals surface area (Å²) in [6.07, 6.45) is 9.47. The predicted molar refractivity (Wildman–Crippen MR) is 90.5 cm³/mol. The summed E-state index contributed by atoms with van der Waals surface area (Å²) < 4.78 is 4.19. The Morgan fingerprint density at radius 3 is 1.26 bits per heavy atom. The summed E-state index contributed by atoms with van der Waals surface area (Å²) in [7, 11) is 9.74. The molecule has 0 fully saturated rings. The van der Waals surface area contributed by atoms with Crippen LogP contribution in [0.15, 0.2) is 57.4 Å². The molecule has 6 nitrogen and oxygen atoms in total. The van der Waals surface area contributed by atoms with Gasteiger partial charge in [0.1, 0.15) is 0 Å². The quantitative estimate of drug-likeness (QED) is 0.672.